The molecule has 7 nitrogen and oxygen atoms in total. The van der Waals surface area contributed by atoms with Crippen LogP contribution in [0.25, 0.3) is 6.08 Å². The molecule has 0 spiro atoms. The number of hydrogen-bond acceptors (Lipinski definition) is 4. The standard InChI is InChI=1S/C24H27ClN4O3/c25-19-6-5-15-9-18(10-17(15)11-19)23(31)29-21(8-14-3-4-14)24(32)28-20(13-26)12-16-2-1-7-27-22(16)30/h5-6,9,11,14,16,20-21H,1-4,7-8,10,12H2,(H,27,30)(H,28,32)(H,29,31)/t16-,20-,21-/m0/s1. The van der Waals surface area contributed by atoms with Crippen molar-refractivity contribution in [3.8, 4) is 6.07 Å². The lowest BCUT2D eigenvalue weighted by molar-refractivity contribution is -0.129. The van der Waals surface area contributed by atoms with Crippen molar-refractivity contribution in [1.82, 2.24) is 16.0 Å². The number of rotatable bonds is 8. The number of nitriles is 1. The van der Waals surface area contributed by atoms with E-state index in [4.69, 9.17) is 11.6 Å². The Bertz CT molecular complexity index is 995. The summed E-state index contributed by atoms with van der Waals surface area (Å²) in [5.74, 6) is -0.588. The van der Waals surface area contributed by atoms with Gasteiger partial charge < -0.3 is 16.0 Å². The van der Waals surface area contributed by atoms with Gasteiger partial charge in [-0.3, -0.25) is 14.4 Å². The molecule has 1 saturated heterocycles. The summed E-state index contributed by atoms with van der Waals surface area (Å²) in [7, 11) is 0. The second-order valence-corrected chi connectivity index (χ2v) is 9.39. The van der Waals surface area contributed by atoms with Crippen molar-refractivity contribution in [3.05, 3.63) is 39.9 Å². The van der Waals surface area contributed by atoms with Gasteiger partial charge in [-0.1, -0.05) is 30.5 Å². The monoisotopic (exact) mass is 454 g/mol. The van der Waals surface area contributed by atoms with Crippen LogP contribution in [0.2, 0.25) is 5.02 Å². The quantitative estimate of drug-likeness (QED) is 0.560. The highest BCUT2D eigenvalue weighted by molar-refractivity contribution is 6.30. The van der Waals surface area contributed by atoms with Gasteiger partial charge in [-0.15, -0.1) is 0 Å². The Morgan fingerprint density at radius 1 is 1.22 bits per heavy atom. The second kappa shape index (κ2) is 9.74. The number of hydrogen-bond donors (Lipinski definition) is 3. The first kappa shape index (κ1) is 22.3. The Balaban J connectivity index is 1.38. The lowest BCUT2D eigenvalue weighted by Crippen LogP contribution is -2.51. The molecule has 1 aliphatic heterocycles. The zero-order valence-corrected chi connectivity index (χ0v) is 18.6. The molecule has 168 valence electrons. The van der Waals surface area contributed by atoms with Crippen LogP contribution in [0.4, 0.5) is 0 Å². The third-order valence-electron chi connectivity index (χ3n) is 6.39. The van der Waals surface area contributed by atoms with Crippen molar-refractivity contribution in [3.63, 3.8) is 0 Å². The van der Waals surface area contributed by atoms with E-state index in [1.807, 2.05) is 18.2 Å². The molecular formula is C24H27ClN4O3. The Morgan fingerprint density at radius 3 is 2.75 bits per heavy atom. The van der Waals surface area contributed by atoms with Crippen LogP contribution >= 0.6 is 11.6 Å². The highest BCUT2D eigenvalue weighted by Gasteiger charge is 2.33. The molecule has 3 N–H and O–H groups in total. The maximum atomic E-state index is 13.0. The number of amides is 3. The van der Waals surface area contributed by atoms with Gasteiger partial charge >= 0.3 is 0 Å². The number of benzene rings is 1. The van der Waals surface area contributed by atoms with Gasteiger partial charge in [-0.05, 0) is 60.9 Å². The average molecular weight is 455 g/mol. The summed E-state index contributed by atoms with van der Waals surface area (Å²) in [4.78, 5) is 37.9. The molecule has 1 aromatic carbocycles. The van der Waals surface area contributed by atoms with E-state index in [-0.39, 0.29) is 30.1 Å². The van der Waals surface area contributed by atoms with E-state index in [2.05, 4.69) is 22.0 Å². The van der Waals surface area contributed by atoms with Crippen molar-refractivity contribution in [2.24, 2.45) is 11.8 Å². The predicted molar refractivity (Wildman–Crippen MR) is 120 cm³/mol. The minimum absolute atomic E-state index is 0.0681. The van der Waals surface area contributed by atoms with Gasteiger partial charge in [0.05, 0.1) is 6.07 Å². The maximum Gasteiger partial charge on any atom is 0.248 e. The van der Waals surface area contributed by atoms with E-state index in [9.17, 15) is 19.6 Å². The first-order valence-corrected chi connectivity index (χ1v) is 11.6. The summed E-state index contributed by atoms with van der Waals surface area (Å²) in [5.41, 5.74) is 2.53. The van der Waals surface area contributed by atoms with Crippen LogP contribution in [0.5, 0.6) is 0 Å². The van der Waals surface area contributed by atoms with Crippen LogP contribution in [-0.2, 0) is 20.8 Å². The Morgan fingerprint density at radius 2 is 2.03 bits per heavy atom. The van der Waals surface area contributed by atoms with Gasteiger partial charge in [0.1, 0.15) is 12.1 Å². The average Bonchev–Trinajstić information content (AvgIpc) is 3.49. The van der Waals surface area contributed by atoms with Crippen LogP contribution in [0.3, 0.4) is 0 Å². The SMILES string of the molecule is N#C[C@H](C[C@@H]1CCCNC1=O)NC(=O)[C@H](CC1CC1)NC(=O)C1=Cc2ccc(Cl)cc2C1. The van der Waals surface area contributed by atoms with Crippen LogP contribution in [0.15, 0.2) is 23.8 Å². The number of carbonyl (C=O) groups excluding carboxylic acids is 3. The molecule has 0 aromatic heterocycles. The highest BCUT2D eigenvalue weighted by Crippen LogP contribution is 2.34. The number of nitrogens with zero attached hydrogens (tertiary/aromatic N) is 1. The molecule has 32 heavy (non-hydrogen) atoms. The lowest BCUT2D eigenvalue weighted by Gasteiger charge is -2.25. The van der Waals surface area contributed by atoms with Crippen LogP contribution in [0, 0.1) is 23.2 Å². The number of carbonyl (C=O) groups is 3. The molecule has 8 heteroatoms. The Labute approximate surface area is 192 Å². The topological polar surface area (TPSA) is 111 Å². The Hall–Kier alpha value is -2.85. The molecular weight excluding hydrogens is 428 g/mol. The first-order valence-electron chi connectivity index (χ1n) is 11.2. The summed E-state index contributed by atoms with van der Waals surface area (Å²) in [6.45, 7) is 0.653. The molecule has 0 radical (unpaired) electrons. The van der Waals surface area contributed by atoms with E-state index in [1.54, 1.807) is 6.07 Å². The zero-order valence-electron chi connectivity index (χ0n) is 17.8. The molecule has 4 rings (SSSR count). The van der Waals surface area contributed by atoms with Gasteiger partial charge in [0, 0.05) is 29.5 Å². The largest absolute Gasteiger partial charge is 0.356 e. The van der Waals surface area contributed by atoms with Gasteiger partial charge in [0.15, 0.2) is 0 Å². The third-order valence-corrected chi connectivity index (χ3v) is 6.62. The van der Waals surface area contributed by atoms with Crippen LogP contribution in [0.1, 0.15) is 49.7 Å². The number of piperidine rings is 1. The minimum atomic E-state index is -0.771. The van der Waals surface area contributed by atoms with Crippen molar-refractivity contribution >= 4 is 35.4 Å². The first-order chi connectivity index (χ1) is 15.4. The number of fused-ring (bicyclic) bond motifs is 1. The molecule has 3 atom stereocenters. The summed E-state index contributed by atoms with van der Waals surface area (Å²) in [5, 5.41) is 18.6. The minimum Gasteiger partial charge on any atom is -0.356 e. The highest BCUT2D eigenvalue weighted by atomic mass is 35.5. The summed E-state index contributed by atoms with van der Waals surface area (Å²) >= 11 is 6.05. The van der Waals surface area contributed by atoms with Crippen molar-refractivity contribution in [2.75, 3.05) is 6.54 Å². The van der Waals surface area contributed by atoms with Crippen molar-refractivity contribution < 1.29 is 14.4 Å². The second-order valence-electron chi connectivity index (χ2n) is 8.95. The molecule has 0 bridgehead atoms. The normalized spacial score (nSPS) is 21.4. The van der Waals surface area contributed by atoms with E-state index >= 15 is 0 Å². The van der Waals surface area contributed by atoms with Gasteiger partial charge in [0.25, 0.3) is 0 Å². The van der Waals surface area contributed by atoms with Crippen LogP contribution in [-0.4, -0.2) is 36.3 Å². The van der Waals surface area contributed by atoms with E-state index in [0.29, 0.717) is 42.3 Å². The third kappa shape index (κ3) is 5.49. The van der Waals surface area contributed by atoms with Gasteiger partial charge in [0.2, 0.25) is 17.7 Å². The summed E-state index contributed by atoms with van der Waals surface area (Å²) in [6, 6.07) is 6.14. The van der Waals surface area contributed by atoms with Crippen LogP contribution < -0.4 is 16.0 Å². The predicted octanol–water partition coefficient (Wildman–Crippen LogP) is 2.49. The molecule has 1 saturated carbocycles. The molecule has 1 aromatic rings. The van der Waals surface area contributed by atoms with Crippen molar-refractivity contribution in [2.45, 2.75) is 57.0 Å². The van der Waals surface area contributed by atoms with E-state index in [0.717, 1.165) is 30.4 Å². The van der Waals surface area contributed by atoms with Gasteiger partial charge in [-0.25, -0.2) is 0 Å². The van der Waals surface area contributed by atoms with Crippen molar-refractivity contribution in [1.29, 1.82) is 5.26 Å². The maximum absolute atomic E-state index is 13.0. The molecule has 3 aliphatic rings. The lowest BCUT2D eigenvalue weighted by atomic mass is 9.92. The zero-order chi connectivity index (χ0) is 22.7. The molecule has 0 unspecified atom stereocenters. The molecule has 2 aliphatic carbocycles. The fourth-order valence-electron chi connectivity index (χ4n) is 4.39. The van der Waals surface area contributed by atoms with E-state index in [1.165, 1.54) is 0 Å². The fraction of sp³-hybridized carbons (Fsp3) is 0.500. The molecule has 2 fully saturated rings. The number of halogens is 1. The Kier molecular flexibility index (Phi) is 6.80. The van der Waals surface area contributed by atoms with E-state index < -0.39 is 12.1 Å². The summed E-state index contributed by atoms with van der Waals surface area (Å²) < 4.78 is 0. The summed E-state index contributed by atoms with van der Waals surface area (Å²) in [6.07, 6.45) is 6.77. The molecule has 3 amide bonds. The fourth-order valence-corrected chi connectivity index (χ4v) is 4.58. The molecule has 1 heterocycles. The smallest absolute Gasteiger partial charge is 0.248 e. The van der Waals surface area contributed by atoms with Gasteiger partial charge in [-0.2, -0.15) is 5.26 Å². The number of nitrogens with one attached hydrogen (secondary N) is 3.